The second-order valence-corrected chi connectivity index (χ2v) is 6.66. The van der Waals surface area contributed by atoms with Gasteiger partial charge >= 0.3 is 0 Å². The highest BCUT2D eigenvalue weighted by Crippen LogP contribution is 2.32. The van der Waals surface area contributed by atoms with Crippen LogP contribution in [0.2, 0.25) is 0 Å². The monoisotopic (exact) mass is 392 g/mol. The van der Waals surface area contributed by atoms with Gasteiger partial charge in [-0.05, 0) is 42.7 Å². The highest BCUT2D eigenvalue weighted by molar-refractivity contribution is 5.79. The van der Waals surface area contributed by atoms with Gasteiger partial charge in [-0.3, -0.25) is 9.56 Å². The van der Waals surface area contributed by atoms with Gasteiger partial charge in [0.15, 0.2) is 17.5 Å². The first kappa shape index (κ1) is 18.8. The predicted molar refractivity (Wildman–Crippen MR) is 111 cm³/mol. The van der Waals surface area contributed by atoms with Crippen LogP contribution in [0.1, 0.15) is 17.0 Å². The van der Waals surface area contributed by atoms with E-state index in [1.54, 1.807) is 13.2 Å². The molecule has 0 aliphatic carbocycles. The second kappa shape index (κ2) is 8.64. The van der Waals surface area contributed by atoms with E-state index >= 15 is 0 Å². The van der Waals surface area contributed by atoms with E-state index in [9.17, 15) is 0 Å². The number of fused-ring (bicyclic) bond motifs is 1. The fourth-order valence-corrected chi connectivity index (χ4v) is 3.11. The van der Waals surface area contributed by atoms with E-state index in [1.807, 2.05) is 42.1 Å². The van der Waals surface area contributed by atoms with Gasteiger partial charge in [-0.15, -0.1) is 0 Å². The van der Waals surface area contributed by atoms with Gasteiger partial charge in [0.05, 0.1) is 0 Å². The van der Waals surface area contributed by atoms with Gasteiger partial charge in [0.25, 0.3) is 0 Å². The average molecular weight is 392 g/mol. The number of imidazole rings is 1. The zero-order chi connectivity index (χ0) is 20.1. The first-order valence-corrected chi connectivity index (χ1v) is 9.51. The lowest BCUT2D eigenvalue weighted by molar-refractivity contribution is 0.174. The average Bonchev–Trinajstić information content (AvgIpc) is 3.39. The van der Waals surface area contributed by atoms with Crippen molar-refractivity contribution in [1.82, 2.24) is 25.2 Å². The highest BCUT2D eigenvalue weighted by atomic mass is 16.7. The summed E-state index contributed by atoms with van der Waals surface area (Å²) in [5.41, 5.74) is 2.26. The number of hydrogen-bond acceptors (Lipinski definition) is 5. The van der Waals surface area contributed by atoms with Gasteiger partial charge in [0.1, 0.15) is 11.6 Å². The molecule has 3 heterocycles. The minimum Gasteiger partial charge on any atom is -0.454 e. The first-order chi connectivity index (χ1) is 14.2. The summed E-state index contributed by atoms with van der Waals surface area (Å²) in [5.74, 6) is 4.14. The Labute approximate surface area is 169 Å². The van der Waals surface area contributed by atoms with E-state index < -0.39 is 0 Å². The third-order valence-electron chi connectivity index (χ3n) is 4.71. The molecule has 29 heavy (non-hydrogen) atoms. The molecule has 0 saturated heterocycles. The number of rotatable bonds is 6. The van der Waals surface area contributed by atoms with Crippen LogP contribution in [0.5, 0.6) is 11.5 Å². The minimum absolute atomic E-state index is 0.297. The number of ether oxygens (including phenoxy) is 2. The van der Waals surface area contributed by atoms with Crippen molar-refractivity contribution in [3.63, 3.8) is 0 Å². The summed E-state index contributed by atoms with van der Waals surface area (Å²) in [6.45, 7) is 3.65. The van der Waals surface area contributed by atoms with Crippen LogP contribution in [-0.4, -0.2) is 40.9 Å². The number of nitrogens with one attached hydrogen (secondary N) is 2. The van der Waals surface area contributed by atoms with Crippen LogP contribution in [0.15, 0.2) is 53.9 Å². The quantitative estimate of drug-likeness (QED) is 0.494. The third kappa shape index (κ3) is 4.48. The Balaban J connectivity index is 1.26. The summed E-state index contributed by atoms with van der Waals surface area (Å²) in [4.78, 5) is 13.0. The fourth-order valence-electron chi connectivity index (χ4n) is 3.11. The Morgan fingerprint density at radius 3 is 2.72 bits per heavy atom. The molecule has 0 radical (unpaired) electrons. The molecule has 8 nitrogen and oxygen atoms in total. The van der Waals surface area contributed by atoms with E-state index in [0.717, 1.165) is 47.6 Å². The Morgan fingerprint density at radius 2 is 1.97 bits per heavy atom. The Bertz CT molecular complexity index is 997. The third-order valence-corrected chi connectivity index (χ3v) is 4.71. The molecule has 1 aliphatic heterocycles. The lowest BCUT2D eigenvalue weighted by Gasteiger charge is -2.12. The topological polar surface area (TPSA) is 85.6 Å². The van der Waals surface area contributed by atoms with Crippen LogP contribution in [0.3, 0.4) is 0 Å². The number of pyridine rings is 1. The largest absolute Gasteiger partial charge is 0.454 e. The van der Waals surface area contributed by atoms with Gasteiger partial charge in [-0.1, -0.05) is 12.1 Å². The molecule has 0 amide bonds. The van der Waals surface area contributed by atoms with Crippen molar-refractivity contribution in [1.29, 1.82) is 0 Å². The Kier molecular flexibility index (Phi) is 5.60. The maximum Gasteiger partial charge on any atom is 0.231 e. The number of hydrogen-bond donors (Lipinski definition) is 2. The van der Waals surface area contributed by atoms with Crippen molar-refractivity contribution in [2.45, 2.75) is 19.9 Å². The number of aromatic nitrogens is 3. The molecule has 0 atom stereocenters. The van der Waals surface area contributed by atoms with E-state index in [4.69, 9.17) is 9.47 Å². The molecule has 0 saturated carbocycles. The predicted octanol–water partition coefficient (Wildman–Crippen LogP) is 2.21. The standard InChI is InChI=1S/C21H24N6O2/c1-15-23-9-10-27(15)20-6-4-17(12-25-20)13-26-21(22-2)24-8-7-16-3-5-18-19(11-16)29-14-28-18/h3-6,9-12H,7-8,13-14H2,1-2H3,(H2,22,24,26). The molecule has 4 rings (SSSR count). The maximum absolute atomic E-state index is 5.42. The van der Waals surface area contributed by atoms with Gasteiger partial charge in [-0.2, -0.15) is 0 Å². The summed E-state index contributed by atoms with van der Waals surface area (Å²) in [6, 6.07) is 10.1. The highest BCUT2D eigenvalue weighted by Gasteiger charge is 2.13. The van der Waals surface area contributed by atoms with Crippen molar-refractivity contribution in [3.05, 3.63) is 65.9 Å². The molecular formula is C21H24N6O2. The molecule has 3 aromatic rings. The molecule has 2 aromatic heterocycles. The lowest BCUT2D eigenvalue weighted by Crippen LogP contribution is -2.37. The van der Waals surface area contributed by atoms with Crippen molar-refractivity contribution in [2.75, 3.05) is 20.4 Å². The number of benzene rings is 1. The van der Waals surface area contributed by atoms with Crippen molar-refractivity contribution >= 4 is 5.96 Å². The Morgan fingerprint density at radius 1 is 1.10 bits per heavy atom. The maximum atomic E-state index is 5.42. The fraction of sp³-hybridized carbons (Fsp3) is 0.286. The molecule has 0 bridgehead atoms. The molecule has 8 heteroatoms. The van der Waals surface area contributed by atoms with Gasteiger partial charge in [-0.25, -0.2) is 9.97 Å². The van der Waals surface area contributed by atoms with E-state index in [1.165, 1.54) is 5.56 Å². The first-order valence-electron chi connectivity index (χ1n) is 9.51. The van der Waals surface area contributed by atoms with Crippen LogP contribution < -0.4 is 20.1 Å². The van der Waals surface area contributed by atoms with Gasteiger partial charge in [0, 0.05) is 38.7 Å². The van der Waals surface area contributed by atoms with Crippen LogP contribution >= 0.6 is 0 Å². The van der Waals surface area contributed by atoms with E-state index in [2.05, 4.69) is 37.7 Å². The zero-order valence-corrected chi connectivity index (χ0v) is 16.6. The van der Waals surface area contributed by atoms with Crippen LogP contribution in [-0.2, 0) is 13.0 Å². The number of aliphatic imine (C=N–C) groups is 1. The van der Waals surface area contributed by atoms with E-state index in [0.29, 0.717) is 13.3 Å². The molecule has 150 valence electrons. The smallest absolute Gasteiger partial charge is 0.231 e. The second-order valence-electron chi connectivity index (χ2n) is 6.66. The number of nitrogens with zero attached hydrogens (tertiary/aromatic N) is 4. The van der Waals surface area contributed by atoms with Crippen molar-refractivity contribution < 1.29 is 9.47 Å². The zero-order valence-electron chi connectivity index (χ0n) is 16.6. The summed E-state index contributed by atoms with van der Waals surface area (Å²) < 4.78 is 12.7. The number of aryl methyl sites for hydroxylation is 1. The minimum atomic E-state index is 0.297. The summed E-state index contributed by atoms with van der Waals surface area (Å²) in [7, 11) is 1.76. The van der Waals surface area contributed by atoms with E-state index in [-0.39, 0.29) is 0 Å². The lowest BCUT2D eigenvalue weighted by atomic mass is 10.1. The Hall–Kier alpha value is -3.55. The van der Waals surface area contributed by atoms with Crippen LogP contribution in [0.4, 0.5) is 0 Å². The molecule has 2 N–H and O–H groups in total. The molecule has 0 unspecified atom stereocenters. The van der Waals surface area contributed by atoms with Crippen molar-refractivity contribution in [3.8, 4) is 17.3 Å². The normalized spacial score (nSPS) is 12.8. The van der Waals surface area contributed by atoms with Gasteiger partial charge in [0.2, 0.25) is 6.79 Å². The summed E-state index contributed by atoms with van der Waals surface area (Å²) >= 11 is 0. The molecule has 0 fully saturated rings. The molecular weight excluding hydrogens is 368 g/mol. The number of guanidine groups is 1. The van der Waals surface area contributed by atoms with Crippen LogP contribution in [0, 0.1) is 6.92 Å². The molecule has 1 aromatic carbocycles. The van der Waals surface area contributed by atoms with Crippen LogP contribution in [0.25, 0.3) is 5.82 Å². The molecule has 0 spiro atoms. The van der Waals surface area contributed by atoms with Gasteiger partial charge < -0.3 is 20.1 Å². The summed E-state index contributed by atoms with van der Waals surface area (Å²) in [6.07, 6.45) is 6.40. The SMILES string of the molecule is CN=C(NCCc1ccc2c(c1)OCO2)NCc1ccc(-n2ccnc2C)nc1. The summed E-state index contributed by atoms with van der Waals surface area (Å²) in [5, 5.41) is 6.65. The molecule has 1 aliphatic rings. The van der Waals surface area contributed by atoms with Crippen molar-refractivity contribution in [2.24, 2.45) is 4.99 Å².